The molecular formula is C24H23N3O3S2. The first-order valence-corrected chi connectivity index (χ1v) is 11.7. The minimum absolute atomic E-state index is 0.0974. The molecule has 1 atom stereocenters. The number of ether oxygens (including phenoxy) is 1. The number of esters is 1. The number of hydrogen-bond donors (Lipinski definition) is 0. The van der Waals surface area contributed by atoms with Gasteiger partial charge in [-0.15, -0.1) is 11.3 Å². The lowest BCUT2D eigenvalue weighted by Gasteiger charge is -2.23. The molecule has 0 aliphatic carbocycles. The number of aromatic nitrogens is 1. The summed E-state index contributed by atoms with van der Waals surface area (Å²) in [6.07, 6.45) is 3.38. The van der Waals surface area contributed by atoms with E-state index in [1.165, 1.54) is 28.7 Å². The molecule has 2 aromatic heterocycles. The minimum Gasteiger partial charge on any atom is -0.458 e. The molecule has 1 aliphatic rings. The number of nitrogens with zero attached hydrogens (tertiary/aromatic N) is 3. The van der Waals surface area contributed by atoms with Crippen molar-refractivity contribution in [3.8, 4) is 0 Å². The van der Waals surface area contributed by atoms with Crippen molar-refractivity contribution in [2.24, 2.45) is 4.99 Å². The molecule has 0 bridgehead atoms. The van der Waals surface area contributed by atoms with Crippen molar-refractivity contribution in [3.05, 3.63) is 95.8 Å². The van der Waals surface area contributed by atoms with Crippen LogP contribution in [0.4, 0.5) is 5.69 Å². The maximum Gasteiger partial charge on any atom is 0.338 e. The van der Waals surface area contributed by atoms with Crippen molar-refractivity contribution in [1.82, 2.24) is 4.57 Å². The number of hydrogen-bond acceptors (Lipinski definition) is 7. The average molecular weight is 466 g/mol. The summed E-state index contributed by atoms with van der Waals surface area (Å²) in [5, 5.41) is 1.93. The summed E-state index contributed by atoms with van der Waals surface area (Å²) in [5.74, 6) is -0.488. The van der Waals surface area contributed by atoms with Gasteiger partial charge in [0.15, 0.2) is 4.80 Å². The van der Waals surface area contributed by atoms with Crippen LogP contribution in [0.2, 0.25) is 0 Å². The number of benzene rings is 1. The Morgan fingerprint density at radius 1 is 1.28 bits per heavy atom. The predicted molar refractivity (Wildman–Crippen MR) is 130 cm³/mol. The molecule has 0 unspecified atom stereocenters. The minimum atomic E-state index is -0.568. The Hall–Kier alpha value is -3.23. The van der Waals surface area contributed by atoms with E-state index < -0.39 is 12.0 Å². The lowest BCUT2D eigenvalue weighted by atomic mass is 10.0. The number of carbonyl (C=O) groups excluding carboxylic acids is 1. The van der Waals surface area contributed by atoms with Gasteiger partial charge in [-0.2, -0.15) is 0 Å². The zero-order valence-corrected chi connectivity index (χ0v) is 19.7. The molecule has 164 valence electrons. The monoisotopic (exact) mass is 465 g/mol. The Morgan fingerprint density at radius 2 is 2.03 bits per heavy atom. The van der Waals surface area contributed by atoms with Crippen molar-refractivity contribution in [2.45, 2.75) is 13.0 Å². The third-order valence-electron chi connectivity index (χ3n) is 5.09. The van der Waals surface area contributed by atoms with E-state index in [4.69, 9.17) is 4.74 Å². The standard InChI is InChI=1S/C24H23N3O3S2/c1-5-12-30-23(29)20-15(2)25-24-27(21(20)18-7-6-13-31-18)22(28)19(32-24)14-16-8-10-17(11-9-16)26(3)4/h5-11,13-14,21H,1,12H2,2-4H3/b19-14-/t21-/m1/s1. The quantitative estimate of drug-likeness (QED) is 0.415. The van der Waals surface area contributed by atoms with Gasteiger partial charge in [0.2, 0.25) is 0 Å². The maximum absolute atomic E-state index is 13.5. The lowest BCUT2D eigenvalue weighted by Crippen LogP contribution is -2.39. The molecule has 0 saturated carbocycles. The van der Waals surface area contributed by atoms with Gasteiger partial charge in [0.25, 0.3) is 5.56 Å². The fourth-order valence-corrected chi connectivity index (χ4v) is 5.40. The Kier molecular flexibility index (Phi) is 6.25. The molecule has 0 spiro atoms. The average Bonchev–Trinajstić information content (AvgIpc) is 3.40. The largest absolute Gasteiger partial charge is 0.458 e. The third-order valence-corrected chi connectivity index (χ3v) is 7.00. The van der Waals surface area contributed by atoms with E-state index in [1.807, 2.05) is 66.8 Å². The second-order valence-electron chi connectivity index (χ2n) is 7.47. The van der Waals surface area contributed by atoms with E-state index in [0.29, 0.717) is 20.6 Å². The molecule has 0 N–H and O–H groups in total. The summed E-state index contributed by atoms with van der Waals surface area (Å²) in [6.45, 7) is 5.48. The molecule has 6 nitrogen and oxygen atoms in total. The van der Waals surface area contributed by atoms with Gasteiger partial charge in [-0.05, 0) is 42.1 Å². The summed E-state index contributed by atoms with van der Waals surface area (Å²) < 4.78 is 7.49. The van der Waals surface area contributed by atoms with E-state index >= 15 is 0 Å². The highest BCUT2D eigenvalue weighted by atomic mass is 32.1. The molecule has 0 saturated heterocycles. The van der Waals surface area contributed by atoms with Crippen LogP contribution < -0.4 is 19.8 Å². The van der Waals surface area contributed by atoms with E-state index in [-0.39, 0.29) is 12.2 Å². The molecule has 3 aromatic rings. The predicted octanol–water partition coefficient (Wildman–Crippen LogP) is 3.09. The van der Waals surface area contributed by atoms with Gasteiger partial charge in [-0.1, -0.05) is 42.2 Å². The van der Waals surface area contributed by atoms with Crippen LogP contribution in [0.25, 0.3) is 6.08 Å². The van der Waals surface area contributed by atoms with Gasteiger partial charge < -0.3 is 9.64 Å². The van der Waals surface area contributed by atoms with Crippen LogP contribution in [-0.2, 0) is 9.53 Å². The summed E-state index contributed by atoms with van der Waals surface area (Å²) in [4.78, 5) is 34.4. The van der Waals surface area contributed by atoms with Gasteiger partial charge in [-0.3, -0.25) is 9.36 Å². The van der Waals surface area contributed by atoms with Gasteiger partial charge in [0.1, 0.15) is 12.6 Å². The first-order chi connectivity index (χ1) is 15.4. The second kappa shape index (κ2) is 9.10. The highest BCUT2D eigenvalue weighted by molar-refractivity contribution is 7.10. The first kappa shape index (κ1) is 22.0. The van der Waals surface area contributed by atoms with Crippen LogP contribution in [0, 0.1) is 0 Å². The van der Waals surface area contributed by atoms with Crippen molar-refractivity contribution in [2.75, 3.05) is 25.6 Å². The molecule has 0 fully saturated rings. The van der Waals surface area contributed by atoms with Gasteiger partial charge in [0, 0.05) is 24.7 Å². The van der Waals surface area contributed by atoms with Crippen LogP contribution in [-0.4, -0.2) is 31.2 Å². The van der Waals surface area contributed by atoms with Crippen molar-refractivity contribution in [1.29, 1.82) is 0 Å². The third kappa shape index (κ3) is 4.11. The van der Waals surface area contributed by atoms with Gasteiger partial charge >= 0.3 is 5.97 Å². The summed E-state index contributed by atoms with van der Waals surface area (Å²) >= 11 is 2.82. The highest BCUT2D eigenvalue weighted by Gasteiger charge is 2.33. The summed E-state index contributed by atoms with van der Waals surface area (Å²) in [5.41, 5.74) is 2.77. The molecule has 32 heavy (non-hydrogen) atoms. The van der Waals surface area contributed by atoms with Crippen LogP contribution >= 0.6 is 22.7 Å². The number of rotatable bonds is 6. The van der Waals surface area contributed by atoms with E-state index in [2.05, 4.69) is 11.6 Å². The summed E-state index contributed by atoms with van der Waals surface area (Å²) in [7, 11) is 3.97. The highest BCUT2D eigenvalue weighted by Crippen LogP contribution is 2.33. The number of anilines is 1. The SMILES string of the molecule is C=CCOC(=O)C1=C(C)N=c2s/c(=C\c3ccc(N(C)C)cc3)c(=O)n2[C@@H]1c1cccs1. The zero-order valence-electron chi connectivity index (χ0n) is 18.1. The first-order valence-electron chi connectivity index (χ1n) is 10.0. The number of thiophene rings is 1. The van der Waals surface area contributed by atoms with Crippen LogP contribution in [0.3, 0.4) is 0 Å². The normalized spacial score (nSPS) is 15.8. The van der Waals surface area contributed by atoms with Crippen molar-refractivity contribution >= 4 is 40.4 Å². The number of carbonyl (C=O) groups is 1. The van der Waals surface area contributed by atoms with Crippen LogP contribution in [0.5, 0.6) is 0 Å². The van der Waals surface area contributed by atoms with E-state index in [1.54, 1.807) is 11.5 Å². The van der Waals surface area contributed by atoms with Gasteiger partial charge in [0.05, 0.1) is 15.8 Å². The van der Waals surface area contributed by atoms with Crippen LogP contribution in [0.15, 0.2) is 75.5 Å². The molecular weight excluding hydrogens is 442 g/mol. The number of fused-ring (bicyclic) bond motifs is 1. The Bertz CT molecular complexity index is 1360. The Balaban J connectivity index is 1.85. The summed E-state index contributed by atoms with van der Waals surface area (Å²) in [6, 6.07) is 11.2. The van der Waals surface area contributed by atoms with E-state index in [9.17, 15) is 9.59 Å². The molecule has 3 heterocycles. The topological polar surface area (TPSA) is 63.9 Å². The molecule has 1 aromatic carbocycles. The molecule has 0 radical (unpaired) electrons. The zero-order chi connectivity index (χ0) is 22.8. The molecule has 4 rings (SSSR count). The number of thiazole rings is 1. The van der Waals surface area contributed by atoms with E-state index in [0.717, 1.165) is 16.1 Å². The van der Waals surface area contributed by atoms with Crippen molar-refractivity contribution < 1.29 is 9.53 Å². The second-order valence-corrected chi connectivity index (χ2v) is 9.46. The van der Waals surface area contributed by atoms with Crippen LogP contribution in [0.1, 0.15) is 23.4 Å². The Labute approximate surface area is 193 Å². The fraction of sp³-hybridized carbons (Fsp3) is 0.208. The smallest absolute Gasteiger partial charge is 0.338 e. The Morgan fingerprint density at radius 3 is 2.66 bits per heavy atom. The van der Waals surface area contributed by atoms with Gasteiger partial charge in [-0.25, -0.2) is 9.79 Å². The molecule has 1 aliphatic heterocycles. The molecule has 8 heteroatoms. The lowest BCUT2D eigenvalue weighted by molar-refractivity contribution is -0.138. The fourth-order valence-electron chi connectivity index (χ4n) is 3.53. The van der Waals surface area contributed by atoms with Crippen molar-refractivity contribution in [3.63, 3.8) is 0 Å². The molecule has 0 amide bonds. The number of allylic oxidation sites excluding steroid dienone is 1. The maximum atomic E-state index is 13.5.